The quantitative estimate of drug-likeness (QED) is 0.777. The smallest absolute Gasteiger partial charge is 0.108 e. The van der Waals surface area contributed by atoms with E-state index in [4.69, 9.17) is 11.6 Å². The Morgan fingerprint density at radius 3 is 2.86 bits per heavy atom. The van der Waals surface area contributed by atoms with E-state index >= 15 is 0 Å². The van der Waals surface area contributed by atoms with Crippen LogP contribution in [-0.2, 0) is 13.5 Å². The molecule has 1 atom stereocenters. The molecular formula is C16H21BrClN3. The van der Waals surface area contributed by atoms with Crippen LogP contribution in [0.3, 0.4) is 0 Å². The second-order valence-electron chi connectivity index (χ2n) is 5.17. The van der Waals surface area contributed by atoms with Crippen molar-refractivity contribution >= 4 is 27.5 Å². The van der Waals surface area contributed by atoms with Gasteiger partial charge in [0.25, 0.3) is 0 Å². The molecule has 0 aliphatic rings. The lowest BCUT2D eigenvalue weighted by atomic mass is 10.0. The highest BCUT2D eigenvalue weighted by atomic mass is 79.9. The highest BCUT2D eigenvalue weighted by Crippen LogP contribution is 2.28. The standard InChI is InChI=1S/C16H21BrClN3/c1-3-8-19-15(6-7-16-20-9-10-21(16)2)12-4-5-14(18)13(17)11-12/h4-5,9-11,15,19H,3,6-8H2,1-2H3. The normalized spacial score (nSPS) is 12.6. The molecule has 21 heavy (non-hydrogen) atoms. The van der Waals surface area contributed by atoms with Crippen LogP contribution in [0, 0.1) is 0 Å². The number of aryl methyl sites for hydroxylation is 2. The number of nitrogens with zero attached hydrogens (tertiary/aromatic N) is 2. The van der Waals surface area contributed by atoms with Crippen LogP contribution in [0.2, 0.25) is 5.02 Å². The maximum atomic E-state index is 6.09. The SMILES string of the molecule is CCCNC(CCc1nccn1C)c1ccc(Cl)c(Br)c1. The second kappa shape index (κ2) is 7.97. The second-order valence-corrected chi connectivity index (χ2v) is 6.43. The number of nitrogens with one attached hydrogen (secondary N) is 1. The molecule has 0 amide bonds. The number of imidazole rings is 1. The van der Waals surface area contributed by atoms with E-state index in [0.717, 1.165) is 41.1 Å². The van der Waals surface area contributed by atoms with Crippen LogP contribution in [0.4, 0.5) is 0 Å². The third kappa shape index (κ3) is 4.56. The van der Waals surface area contributed by atoms with Gasteiger partial charge in [-0.25, -0.2) is 4.98 Å². The highest BCUT2D eigenvalue weighted by molar-refractivity contribution is 9.10. The van der Waals surface area contributed by atoms with E-state index in [-0.39, 0.29) is 0 Å². The fourth-order valence-electron chi connectivity index (χ4n) is 2.35. The zero-order valence-electron chi connectivity index (χ0n) is 12.4. The summed E-state index contributed by atoms with van der Waals surface area (Å²) >= 11 is 9.60. The van der Waals surface area contributed by atoms with Gasteiger partial charge in [-0.15, -0.1) is 0 Å². The van der Waals surface area contributed by atoms with Crippen LogP contribution in [-0.4, -0.2) is 16.1 Å². The summed E-state index contributed by atoms with van der Waals surface area (Å²) in [7, 11) is 2.04. The van der Waals surface area contributed by atoms with Crippen LogP contribution in [0.15, 0.2) is 35.1 Å². The Morgan fingerprint density at radius 2 is 2.24 bits per heavy atom. The van der Waals surface area contributed by atoms with Crippen molar-refractivity contribution in [3.8, 4) is 0 Å². The third-order valence-electron chi connectivity index (χ3n) is 3.56. The minimum Gasteiger partial charge on any atom is -0.338 e. The minimum absolute atomic E-state index is 0.315. The van der Waals surface area contributed by atoms with E-state index in [0.29, 0.717) is 6.04 Å². The van der Waals surface area contributed by atoms with Gasteiger partial charge in [-0.2, -0.15) is 0 Å². The van der Waals surface area contributed by atoms with Crippen LogP contribution in [0.5, 0.6) is 0 Å². The van der Waals surface area contributed by atoms with Gasteiger partial charge >= 0.3 is 0 Å². The summed E-state index contributed by atoms with van der Waals surface area (Å²) in [5, 5.41) is 4.36. The lowest BCUT2D eigenvalue weighted by Crippen LogP contribution is -2.23. The number of hydrogen-bond donors (Lipinski definition) is 1. The van der Waals surface area contributed by atoms with E-state index in [9.17, 15) is 0 Å². The van der Waals surface area contributed by atoms with E-state index in [2.05, 4.69) is 49.9 Å². The summed E-state index contributed by atoms with van der Waals surface area (Å²) in [4.78, 5) is 4.40. The molecule has 0 aliphatic heterocycles. The molecule has 0 saturated carbocycles. The zero-order valence-corrected chi connectivity index (χ0v) is 14.8. The number of aromatic nitrogens is 2. The minimum atomic E-state index is 0.315. The van der Waals surface area contributed by atoms with Gasteiger partial charge in [0, 0.05) is 36.4 Å². The monoisotopic (exact) mass is 369 g/mol. The Balaban J connectivity index is 2.09. The van der Waals surface area contributed by atoms with Crippen molar-refractivity contribution in [2.75, 3.05) is 6.54 Å². The fourth-order valence-corrected chi connectivity index (χ4v) is 2.86. The van der Waals surface area contributed by atoms with E-state index < -0.39 is 0 Å². The van der Waals surface area contributed by atoms with Crippen molar-refractivity contribution in [3.63, 3.8) is 0 Å². The molecule has 1 unspecified atom stereocenters. The Bertz CT molecular complexity index is 583. The number of hydrogen-bond acceptors (Lipinski definition) is 2. The lowest BCUT2D eigenvalue weighted by Gasteiger charge is -2.19. The first-order valence-corrected chi connectivity index (χ1v) is 8.43. The summed E-state index contributed by atoms with van der Waals surface area (Å²) < 4.78 is 3.02. The van der Waals surface area contributed by atoms with Gasteiger partial charge in [0.05, 0.1) is 5.02 Å². The molecule has 2 aromatic rings. The number of halogens is 2. The molecule has 0 spiro atoms. The van der Waals surface area contributed by atoms with Gasteiger partial charge in [-0.3, -0.25) is 0 Å². The van der Waals surface area contributed by atoms with E-state index in [1.165, 1.54) is 5.56 Å². The number of benzene rings is 1. The molecule has 0 aliphatic carbocycles. The van der Waals surface area contributed by atoms with Crippen LogP contribution in [0.25, 0.3) is 0 Å². The van der Waals surface area contributed by atoms with Crippen molar-refractivity contribution in [2.24, 2.45) is 7.05 Å². The Labute approximate surface area is 139 Å². The van der Waals surface area contributed by atoms with Gasteiger partial charge in [0.15, 0.2) is 0 Å². The molecule has 0 saturated heterocycles. The van der Waals surface area contributed by atoms with Crippen LogP contribution < -0.4 is 5.32 Å². The first-order valence-electron chi connectivity index (χ1n) is 7.26. The molecule has 0 fully saturated rings. The molecular weight excluding hydrogens is 350 g/mol. The maximum Gasteiger partial charge on any atom is 0.108 e. The van der Waals surface area contributed by atoms with Crippen molar-refractivity contribution in [3.05, 3.63) is 51.5 Å². The summed E-state index contributed by atoms with van der Waals surface area (Å²) in [6, 6.07) is 6.46. The van der Waals surface area contributed by atoms with Gasteiger partial charge in [0.2, 0.25) is 0 Å². The maximum absolute atomic E-state index is 6.09. The first kappa shape index (κ1) is 16.5. The number of rotatable bonds is 7. The molecule has 1 N–H and O–H groups in total. The average molecular weight is 371 g/mol. The molecule has 3 nitrogen and oxygen atoms in total. The van der Waals surface area contributed by atoms with Crippen LogP contribution in [0.1, 0.15) is 37.2 Å². The van der Waals surface area contributed by atoms with Crippen molar-refractivity contribution in [2.45, 2.75) is 32.2 Å². The van der Waals surface area contributed by atoms with Gasteiger partial charge in [0.1, 0.15) is 5.82 Å². The largest absolute Gasteiger partial charge is 0.338 e. The van der Waals surface area contributed by atoms with Crippen molar-refractivity contribution in [1.82, 2.24) is 14.9 Å². The molecule has 1 aromatic heterocycles. The zero-order chi connectivity index (χ0) is 15.2. The molecule has 2 rings (SSSR count). The summed E-state index contributed by atoms with van der Waals surface area (Å²) in [6.07, 6.45) is 6.92. The molecule has 1 heterocycles. The van der Waals surface area contributed by atoms with Crippen molar-refractivity contribution < 1.29 is 0 Å². The van der Waals surface area contributed by atoms with Gasteiger partial charge in [-0.1, -0.05) is 24.6 Å². The molecule has 0 radical (unpaired) electrons. The van der Waals surface area contributed by atoms with E-state index in [1.54, 1.807) is 0 Å². The van der Waals surface area contributed by atoms with Gasteiger partial charge < -0.3 is 9.88 Å². The molecule has 1 aromatic carbocycles. The Hall–Kier alpha value is -0.840. The van der Waals surface area contributed by atoms with Crippen LogP contribution >= 0.6 is 27.5 Å². The summed E-state index contributed by atoms with van der Waals surface area (Å²) in [5.74, 6) is 1.12. The van der Waals surface area contributed by atoms with Crippen molar-refractivity contribution in [1.29, 1.82) is 0 Å². The predicted molar refractivity (Wildman–Crippen MR) is 91.7 cm³/mol. The summed E-state index contributed by atoms with van der Waals surface area (Å²) in [5.41, 5.74) is 1.26. The third-order valence-corrected chi connectivity index (χ3v) is 4.78. The fraction of sp³-hybridized carbons (Fsp3) is 0.438. The summed E-state index contributed by atoms with van der Waals surface area (Å²) in [6.45, 7) is 3.19. The first-order chi connectivity index (χ1) is 10.1. The van der Waals surface area contributed by atoms with Gasteiger partial charge in [-0.05, 0) is 53.0 Å². The molecule has 114 valence electrons. The molecule has 0 bridgehead atoms. The Kier molecular flexibility index (Phi) is 6.27. The highest BCUT2D eigenvalue weighted by Gasteiger charge is 2.13. The average Bonchev–Trinajstić information content (AvgIpc) is 2.88. The Morgan fingerprint density at radius 1 is 1.43 bits per heavy atom. The predicted octanol–water partition coefficient (Wildman–Crippen LogP) is 4.51. The topological polar surface area (TPSA) is 29.9 Å². The molecule has 5 heteroatoms. The lowest BCUT2D eigenvalue weighted by molar-refractivity contribution is 0.491. The van der Waals surface area contributed by atoms with E-state index in [1.807, 2.05) is 25.5 Å².